The number of ether oxygens (including phenoxy) is 1. The number of hydrogen-bond donors (Lipinski definition) is 3. The Balaban J connectivity index is 0.00000288. The summed E-state index contributed by atoms with van der Waals surface area (Å²) in [5, 5.41) is 16.3. The number of guanidine groups is 1. The number of aliphatic imine (C=N–C) groups is 1. The van der Waals surface area contributed by atoms with Crippen LogP contribution in [0.3, 0.4) is 0 Å². The zero-order valence-corrected chi connectivity index (χ0v) is 16.5. The molecule has 130 valence electrons. The third-order valence-electron chi connectivity index (χ3n) is 3.54. The largest absolute Gasteiger partial charge is 0.508 e. The molecule has 6 heteroatoms. The van der Waals surface area contributed by atoms with E-state index in [9.17, 15) is 5.11 Å². The Morgan fingerprint density at radius 2 is 1.75 bits per heavy atom. The average Bonchev–Trinajstić information content (AvgIpc) is 2.58. The van der Waals surface area contributed by atoms with Gasteiger partial charge in [0.25, 0.3) is 0 Å². The Morgan fingerprint density at radius 3 is 2.38 bits per heavy atom. The van der Waals surface area contributed by atoms with Crippen molar-refractivity contribution in [3.05, 3.63) is 59.2 Å². The van der Waals surface area contributed by atoms with E-state index in [-0.39, 0.29) is 29.7 Å². The van der Waals surface area contributed by atoms with E-state index in [0.29, 0.717) is 24.8 Å². The number of halogens is 1. The number of nitrogens with zero attached hydrogens (tertiary/aromatic N) is 1. The summed E-state index contributed by atoms with van der Waals surface area (Å²) in [7, 11) is 3.32. The third kappa shape index (κ3) is 5.92. The first kappa shape index (κ1) is 20.1. The lowest BCUT2D eigenvalue weighted by Crippen LogP contribution is -2.36. The number of aryl methyl sites for hydroxylation is 1. The summed E-state index contributed by atoms with van der Waals surface area (Å²) in [4.78, 5) is 4.19. The molecule has 0 heterocycles. The Kier molecular flexibility index (Phi) is 8.39. The molecule has 0 atom stereocenters. The Bertz CT molecular complexity index is 672. The molecule has 0 unspecified atom stereocenters. The molecule has 0 aliphatic heterocycles. The number of aromatic hydroxyl groups is 1. The molecule has 0 bridgehead atoms. The first-order valence-corrected chi connectivity index (χ1v) is 7.48. The van der Waals surface area contributed by atoms with Crippen molar-refractivity contribution in [3.8, 4) is 11.5 Å². The molecule has 0 aliphatic rings. The van der Waals surface area contributed by atoms with Crippen LogP contribution >= 0.6 is 24.0 Å². The fourth-order valence-corrected chi connectivity index (χ4v) is 2.12. The Labute approximate surface area is 160 Å². The average molecular weight is 441 g/mol. The van der Waals surface area contributed by atoms with Gasteiger partial charge in [-0.1, -0.05) is 29.8 Å². The molecule has 0 amide bonds. The fourth-order valence-electron chi connectivity index (χ4n) is 2.12. The van der Waals surface area contributed by atoms with Crippen LogP contribution in [0.15, 0.2) is 47.5 Å². The minimum absolute atomic E-state index is 0. The minimum Gasteiger partial charge on any atom is -0.508 e. The van der Waals surface area contributed by atoms with Crippen molar-refractivity contribution in [3.63, 3.8) is 0 Å². The molecule has 0 saturated heterocycles. The summed E-state index contributed by atoms with van der Waals surface area (Å²) in [6, 6.07) is 13.5. The van der Waals surface area contributed by atoms with Crippen LogP contribution in [0.25, 0.3) is 0 Å². The number of phenolic OH excluding ortho intramolecular Hbond substituents is 1. The highest BCUT2D eigenvalue weighted by Gasteiger charge is 2.05. The topological polar surface area (TPSA) is 65.9 Å². The number of phenols is 1. The normalized spacial score (nSPS) is 10.7. The zero-order valence-electron chi connectivity index (χ0n) is 14.2. The van der Waals surface area contributed by atoms with E-state index in [0.717, 1.165) is 5.56 Å². The Hall–Kier alpha value is -1.96. The molecule has 0 aromatic heterocycles. The first-order valence-electron chi connectivity index (χ1n) is 7.48. The van der Waals surface area contributed by atoms with Gasteiger partial charge in [0, 0.05) is 25.7 Å². The number of hydrogen-bond acceptors (Lipinski definition) is 3. The lowest BCUT2D eigenvalue weighted by Gasteiger charge is -2.13. The molecular formula is C18H24IN3O2. The van der Waals surface area contributed by atoms with Gasteiger partial charge < -0.3 is 20.5 Å². The van der Waals surface area contributed by atoms with Crippen molar-refractivity contribution in [2.24, 2.45) is 4.99 Å². The molecule has 0 radical (unpaired) electrons. The highest BCUT2D eigenvalue weighted by Crippen LogP contribution is 2.22. The van der Waals surface area contributed by atoms with Gasteiger partial charge in [0.15, 0.2) is 5.96 Å². The summed E-state index contributed by atoms with van der Waals surface area (Å²) < 4.78 is 5.17. The van der Waals surface area contributed by atoms with E-state index in [1.54, 1.807) is 32.4 Å². The number of methoxy groups -OCH3 is 1. The molecule has 0 spiro atoms. The predicted molar refractivity (Wildman–Crippen MR) is 108 cm³/mol. The Morgan fingerprint density at radius 1 is 1.08 bits per heavy atom. The van der Waals surface area contributed by atoms with Crippen molar-refractivity contribution in [2.45, 2.75) is 20.0 Å². The van der Waals surface area contributed by atoms with Crippen molar-refractivity contribution >= 4 is 29.9 Å². The standard InChI is InChI=1S/C18H23N3O2.HI/c1-13-4-6-14(7-5-13)11-20-18(19-2)21-12-15-10-16(23-3)8-9-17(15)22;/h4-10,22H,11-12H2,1-3H3,(H2,19,20,21);1H. The second-order valence-electron chi connectivity index (χ2n) is 5.26. The number of rotatable bonds is 5. The fraction of sp³-hybridized carbons (Fsp3) is 0.278. The van der Waals surface area contributed by atoms with Crippen molar-refractivity contribution in [1.29, 1.82) is 0 Å². The molecule has 2 rings (SSSR count). The minimum atomic E-state index is 0. The van der Waals surface area contributed by atoms with Gasteiger partial charge in [-0.15, -0.1) is 24.0 Å². The first-order chi connectivity index (χ1) is 11.1. The van der Waals surface area contributed by atoms with Crippen LogP contribution in [0.5, 0.6) is 11.5 Å². The molecule has 3 N–H and O–H groups in total. The highest BCUT2D eigenvalue weighted by molar-refractivity contribution is 14.0. The zero-order chi connectivity index (χ0) is 16.7. The van der Waals surface area contributed by atoms with Crippen molar-refractivity contribution in [1.82, 2.24) is 10.6 Å². The van der Waals surface area contributed by atoms with Gasteiger partial charge in [0.05, 0.1) is 7.11 Å². The van der Waals surface area contributed by atoms with E-state index >= 15 is 0 Å². The SMILES string of the molecule is CN=C(NCc1ccc(C)cc1)NCc1cc(OC)ccc1O.I. The summed E-state index contributed by atoms with van der Waals surface area (Å²) in [6.07, 6.45) is 0. The van der Waals surface area contributed by atoms with E-state index in [4.69, 9.17) is 4.74 Å². The van der Waals surface area contributed by atoms with E-state index in [1.165, 1.54) is 11.1 Å². The molecule has 24 heavy (non-hydrogen) atoms. The number of benzene rings is 2. The van der Waals surface area contributed by atoms with Crippen LogP contribution in [-0.4, -0.2) is 25.2 Å². The lowest BCUT2D eigenvalue weighted by atomic mass is 10.1. The van der Waals surface area contributed by atoms with Gasteiger partial charge in [-0.2, -0.15) is 0 Å². The molecule has 0 fully saturated rings. The van der Waals surface area contributed by atoms with E-state index in [1.807, 2.05) is 0 Å². The monoisotopic (exact) mass is 441 g/mol. The van der Waals surface area contributed by atoms with Gasteiger partial charge >= 0.3 is 0 Å². The highest BCUT2D eigenvalue weighted by atomic mass is 127. The summed E-state index contributed by atoms with van der Waals surface area (Å²) in [6.45, 7) is 3.21. The lowest BCUT2D eigenvalue weighted by molar-refractivity contribution is 0.410. The van der Waals surface area contributed by atoms with Gasteiger partial charge in [0.1, 0.15) is 11.5 Å². The maximum absolute atomic E-state index is 9.89. The molecule has 0 aliphatic carbocycles. The van der Waals surface area contributed by atoms with Crippen LogP contribution in [0.1, 0.15) is 16.7 Å². The second kappa shape index (κ2) is 10.0. The van der Waals surface area contributed by atoms with E-state index in [2.05, 4.69) is 46.8 Å². The van der Waals surface area contributed by atoms with Gasteiger partial charge in [0.2, 0.25) is 0 Å². The number of nitrogens with one attached hydrogen (secondary N) is 2. The van der Waals surface area contributed by atoms with Crippen LogP contribution in [0.2, 0.25) is 0 Å². The van der Waals surface area contributed by atoms with Crippen molar-refractivity contribution < 1.29 is 9.84 Å². The molecular weight excluding hydrogens is 417 g/mol. The quantitative estimate of drug-likeness (QED) is 0.379. The maximum Gasteiger partial charge on any atom is 0.191 e. The van der Waals surface area contributed by atoms with Crippen LogP contribution in [-0.2, 0) is 13.1 Å². The molecule has 2 aromatic carbocycles. The van der Waals surface area contributed by atoms with Crippen LogP contribution < -0.4 is 15.4 Å². The smallest absolute Gasteiger partial charge is 0.191 e. The van der Waals surface area contributed by atoms with Crippen LogP contribution in [0.4, 0.5) is 0 Å². The van der Waals surface area contributed by atoms with Gasteiger partial charge in [-0.3, -0.25) is 4.99 Å². The van der Waals surface area contributed by atoms with E-state index < -0.39 is 0 Å². The predicted octanol–water partition coefficient (Wildman–Crippen LogP) is 3.19. The second-order valence-corrected chi connectivity index (χ2v) is 5.26. The molecule has 0 saturated carbocycles. The maximum atomic E-state index is 9.89. The van der Waals surface area contributed by atoms with Crippen molar-refractivity contribution in [2.75, 3.05) is 14.2 Å². The molecule has 5 nitrogen and oxygen atoms in total. The van der Waals surface area contributed by atoms with Crippen LogP contribution in [0, 0.1) is 6.92 Å². The molecule has 2 aromatic rings. The summed E-state index contributed by atoms with van der Waals surface area (Å²) in [5.74, 6) is 1.61. The van der Waals surface area contributed by atoms with Gasteiger partial charge in [-0.25, -0.2) is 0 Å². The van der Waals surface area contributed by atoms with Gasteiger partial charge in [-0.05, 0) is 30.7 Å². The summed E-state index contributed by atoms with van der Waals surface area (Å²) in [5.41, 5.74) is 3.18. The third-order valence-corrected chi connectivity index (χ3v) is 3.54. The summed E-state index contributed by atoms with van der Waals surface area (Å²) >= 11 is 0.